The van der Waals surface area contributed by atoms with Crippen LogP contribution < -0.4 is 10.5 Å². The molecule has 2 aromatic carbocycles. The molecule has 5 heteroatoms. The summed E-state index contributed by atoms with van der Waals surface area (Å²) in [5, 5.41) is 0. The maximum atomic E-state index is 13.5. The van der Waals surface area contributed by atoms with Crippen molar-refractivity contribution in [2.24, 2.45) is 5.73 Å². The van der Waals surface area contributed by atoms with E-state index in [1.807, 2.05) is 6.92 Å². The molecule has 0 saturated heterocycles. The molecule has 2 aromatic rings. The molecule has 2 rings (SSSR count). The summed E-state index contributed by atoms with van der Waals surface area (Å²) in [7, 11) is 0. The fourth-order valence-corrected chi connectivity index (χ4v) is 1.88. The lowest BCUT2D eigenvalue weighted by Gasteiger charge is -2.09. The van der Waals surface area contributed by atoms with Gasteiger partial charge < -0.3 is 10.5 Å². The Morgan fingerprint density at radius 3 is 2.65 bits per heavy atom. The molecule has 0 fully saturated rings. The second kappa shape index (κ2) is 5.96. The molecule has 2 N–H and O–H groups in total. The van der Waals surface area contributed by atoms with Crippen LogP contribution in [-0.2, 0) is 6.61 Å². The van der Waals surface area contributed by atoms with Crippen molar-refractivity contribution < 1.29 is 13.5 Å². The van der Waals surface area contributed by atoms with Crippen LogP contribution in [0.5, 0.6) is 5.75 Å². The molecular weight excluding hydrogens is 280 g/mol. The van der Waals surface area contributed by atoms with Crippen LogP contribution in [0.25, 0.3) is 0 Å². The van der Waals surface area contributed by atoms with Gasteiger partial charge in [-0.25, -0.2) is 8.78 Å². The molecule has 0 aliphatic carbocycles. The first-order valence-electron chi connectivity index (χ1n) is 5.94. The summed E-state index contributed by atoms with van der Waals surface area (Å²) in [4.78, 5) is 0.104. The van der Waals surface area contributed by atoms with Gasteiger partial charge in [0.2, 0.25) is 0 Å². The van der Waals surface area contributed by atoms with E-state index in [1.165, 1.54) is 18.2 Å². The summed E-state index contributed by atoms with van der Waals surface area (Å²) in [5.74, 6) is -0.786. The van der Waals surface area contributed by atoms with Crippen molar-refractivity contribution in [1.29, 1.82) is 0 Å². The number of thiocarbonyl (C=S) groups is 1. The van der Waals surface area contributed by atoms with Gasteiger partial charge in [-0.2, -0.15) is 0 Å². The molecule has 0 radical (unpaired) electrons. The smallest absolute Gasteiger partial charge is 0.165 e. The Balaban J connectivity index is 2.18. The monoisotopic (exact) mass is 293 g/mol. The molecule has 0 heterocycles. The van der Waals surface area contributed by atoms with Crippen molar-refractivity contribution >= 4 is 17.2 Å². The molecular formula is C15H13F2NOS. The Hall–Kier alpha value is -2.01. The van der Waals surface area contributed by atoms with E-state index in [2.05, 4.69) is 0 Å². The minimum Gasteiger partial charge on any atom is -0.486 e. The van der Waals surface area contributed by atoms with E-state index >= 15 is 0 Å². The molecule has 2 nitrogen and oxygen atoms in total. The van der Waals surface area contributed by atoms with E-state index in [0.29, 0.717) is 11.1 Å². The zero-order chi connectivity index (χ0) is 14.7. The van der Waals surface area contributed by atoms with Gasteiger partial charge in [-0.05, 0) is 48.4 Å². The first kappa shape index (κ1) is 14.4. The average Bonchev–Trinajstić information content (AvgIpc) is 2.39. The highest BCUT2D eigenvalue weighted by atomic mass is 32.1. The summed E-state index contributed by atoms with van der Waals surface area (Å²) in [6, 6.07) is 8.74. The second-order valence-corrected chi connectivity index (χ2v) is 4.87. The number of ether oxygens (including phenoxy) is 1. The lowest BCUT2D eigenvalue weighted by molar-refractivity contribution is 0.289. The Morgan fingerprint density at radius 2 is 1.95 bits per heavy atom. The maximum absolute atomic E-state index is 13.5. The number of hydrogen-bond donors (Lipinski definition) is 1. The highest BCUT2D eigenvalue weighted by molar-refractivity contribution is 7.80. The predicted molar refractivity (Wildman–Crippen MR) is 77.8 cm³/mol. The van der Waals surface area contributed by atoms with Crippen molar-refractivity contribution in [3.05, 3.63) is 64.7 Å². The van der Waals surface area contributed by atoms with Gasteiger partial charge >= 0.3 is 0 Å². The summed E-state index contributed by atoms with van der Waals surface area (Å²) in [6.45, 7) is 1.87. The fourth-order valence-electron chi connectivity index (χ4n) is 1.76. The van der Waals surface area contributed by atoms with Crippen LogP contribution in [0.3, 0.4) is 0 Å². The SMILES string of the molecule is Cc1ccc(F)c(OCc2cc(F)cc(C(N)=S)c2)c1. The lowest BCUT2D eigenvalue weighted by atomic mass is 10.1. The highest BCUT2D eigenvalue weighted by Crippen LogP contribution is 2.20. The van der Waals surface area contributed by atoms with E-state index < -0.39 is 11.6 Å². The zero-order valence-corrected chi connectivity index (χ0v) is 11.6. The summed E-state index contributed by atoms with van der Waals surface area (Å²) in [5.41, 5.74) is 7.30. The summed E-state index contributed by atoms with van der Waals surface area (Å²) >= 11 is 4.81. The van der Waals surface area contributed by atoms with E-state index in [4.69, 9.17) is 22.7 Å². The van der Waals surface area contributed by atoms with Crippen molar-refractivity contribution in [2.45, 2.75) is 13.5 Å². The largest absolute Gasteiger partial charge is 0.486 e. The van der Waals surface area contributed by atoms with Crippen LogP contribution in [0, 0.1) is 18.6 Å². The van der Waals surface area contributed by atoms with E-state index in [9.17, 15) is 8.78 Å². The molecule has 0 bridgehead atoms. The predicted octanol–water partition coefficient (Wildman–Crippen LogP) is 3.49. The van der Waals surface area contributed by atoms with Gasteiger partial charge in [-0.1, -0.05) is 18.3 Å². The quantitative estimate of drug-likeness (QED) is 0.877. The molecule has 0 atom stereocenters. The number of nitrogens with two attached hydrogens (primary N) is 1. The van der Waals surface area contributed by atoms with Crippen LogP contribution in [0.2, 0.25) is 0 Å². The molecule has 104 valence electrons. The van der Waals surface area contributed by atoms with E-state index in [1.54, 1.807) is 18.2 Å². The molecule has 0 aliphatic heterocycles. The Morgan fingerprint density at radius 1 is 1.20 bits per heavy atom. The van der Waals surface area contributed by atoms with Gasteiger partial charge in [0.1, 0.15) is 17.4 Å². The van der Waals surface area contributed by atoms with Gasteiger partial charge in [0, 0.05) is 5.56 Å². The van der Waals surface area contributed by atoms with Crippen LogP contribution in [0.1, 0.15) is 16.7 Å². The highest BCUT2D eigenvalue weighted by Gasteiger charge is 2.07. The van der Waals surface area contributed by atoms with Crippen LogP contribution in [0.15, 0.2) is 36.4 Å². The first-order valence-corrected chi connectivity index (χ1v) is 6.35. The topological polar surface area (TPSA) is 35.2 Å². The number of hydrogen-bond acceptors (Lipinski definition) is 2. The van der Waals surface area contributed by atoms with Gasteiger partial charge in [0.25, 0.3) is 0 Å². The van der Waals surface area contributed by atoms with Crippen LogP contribution >= 0.6 is 12.2 Å². The summed E-state index contributed by atoms with van der Waals surface area (Å²) < 4.78 is 32.3. The van der Waals surface area contributed by atoms with Crippen molar-refractivity contribution in [1.82, 2.24) is 0 Å². The van der Waals surface area contributed by atoms with Gasteiger partial charge in [0.15, 0.2) is 11.6 Å². The lowest BCUT2D eigenvalue weighted by Crippen LogP contribution is -2.10. The number of aryl methyl sites for hydroxylation is 1. The number of rotatable bonds is 4. The second-order valence-electron chi connectivity index (χ2n) is 4.43. The fraction of sp³-hybridized carbons (Fsp3) is 0.133. The molecule has 0 saturated carbocycles. The van der Waals surface area contributed by atoms with Crippen LogP contribution in [-0.4, -0.2) is 4.99 Å². The summed E-state index contributed by atoms with van der Waals surface area (Å²) in [6.07, 6.45) is 0. The molecule has 0 aliphatic rings. The molecule has 20 heavy (non-hydrogen) atoms. The van der Waals surface area contributed by atoms with Crippen LogP contribution in [0.4, 0.5) is 8.78 Å². The Labute approximate surface area is 121 Å². The average molecular weight is 293 g/mol. The third-order valence-electron chi connectivity index (χ3n) is 2.72. The Kier molecular flexibility index (Phi) is 4.29. The van der Waals surface area contributed by atoms with Crippen molar-refractivity contribution in [3.8, 4) is 5.75 Å². The van der Waals surface area contributed by atoms with Gasteiger partial charge in [-0.15, -0.1) is 0 Å². The molecule has 0 unspecified atom stereocenters. The van der Waals surface area contributed by atoms with E-state index in [-0.39, 0.29) is 17.3 Å². The minimum atomic E-state index is -0.460. The molecule has 0 spiro atoms. The van der Waals surface area contributed by atoms with E-state index in [0.717, 1.165) is 5.56 Å². The maximum Gasteiger partial charge on any atom is 0.165 e. The molecule has 0 amide bonds. The normalized spacial score (nSPS) is 10.3. The Bertz CT molecular complexity index is 658. The number of benzene rings is 2. The minimum absolute atomic E-state index is 0.0355. The van der Waals surface area contributed by atoms with Crippen molar-refractivity contribution in [3.63, 3.8) is 0 Å². The third kappa shape index (κ3) is 3.51. The van der Waals surface area contributed by atoms with Crippen molar-refractivity contribution in [2.75, 3.05) is 0 Å². The molecule has 0 aromatic heterocycles. The van der Waals surface area contributed by atoms with Gasteiger partial charge in [-0.3, -0.25) is 0 Å². The first-order chi connectivity index (χ1) is 9.45. The number of halogens is 2. The third-order valence-corrected chi connectivity index (χ3v) is 2.96. The standard InChI is InChI=1S/C15H13F2NOS/c1-9-2-3-13(17)14(4-9)19-8-10-5-11(15(18)20)7-12(16)6-10/h2-7H,8H2,1H3,(H2,18,20). The zero-order valence-electron chi connectivity index (χ0n) is 10.8. The van der Waals surface area contributed by atoms with Gasteiger partial charge in [0.05, 0.1) is 0 Å².